The molecule has 0 bridgehead atoms. The Hall–Kier alpha value is -1.61. The fourth-order valence-corrected chi connectivity index (χ4v) is 3.66. The number of hydrogen-bond donors (Lipinski definition) is 1. The zero-order valence-corrected chi connectivity index (χ0v) is 11.6. The van der Waals surface area contributed by atoms with Crippen LogP contribution in [-0.2, 0) is 6.61 Å². The van der Waals surface area contributed by atoms with Crippen LogP contribution in [0.5, 0.6) is 0 Å². The van der Waals surface area contributed by atoms with Gasteiger partial charge in [-0.2, -0.15) is 0 Å². The first-order valence-corrected chi connectivity index (χ1v) is 6.83. The Morgan fingerprint density at radius 3 is 2.68 bits per heavy atom. The number of carbonyl (C=O) groups is 1. The molecule has 0 saturated heterocycles. The molecule has 0 radical (unpaired) electrons. The quantitative estimate of drug-likeness (QED) is 0.850. The Bertz CT molecular complexity index is 669. The van der Waals surface area contributed by atoms with Crippen molar-refractivity contribution in [2.75, 3.05) is 0 Å². The van der Waals surface area contributed by atoms with Gasteiger partial charge in [0.1, 0.15) is 0 Å². The molecule has 1 aliphatic rings. The van der Waals surface area contributed by atoms with Gasteiger partial charge in [0, 0.05) is 18.5 Å². The predicted octanol–water partition coefficient (Wildman–Crippen LogP) is 3.40. The van der Waals surface area contributed by atoms with Gasteiger partial charge in [0.15, 0.2) is 0 Å². The average Bonchev–Trinajstić information content (AvgIpc) is 2.90. The minimum Gasteiger partial charge on any atom is -0.392 e. The second-order valence-corrected chi connectivity index (χ2v) is 5.70. The van der Waals surface area contributed by atoms with Crippen molar-refractivity contribution in [1.82, 2.24) is 4.57 Å². The van der Waals surface area contributed by atoms with Gasteiger partial charge >= 0.3 is 0 Å². The fourth-order valence-electron chi connectivity index (χ4n) is 3.66. The molecule has 0 saturated carbocycles. The maximum Gasteiger partial charge on any atom is 0.227 e. The summed E-state index contributed by atoms with van der Waals surface area (Å²) in [5, 5.41) is 10.7. The van der Waals surface area contributed by atoms with E-state index >= 15 is 0 Å². The smallest absolute Gasteiger partial charge is 0.227 e. The molecule has 19 heavy (non-hydrogen) atoms. The Morgan fingerprint density at radius 2 is 2.05 bits per heavy atom. The maximum atomic E-state index is 11.8. The highest BCUT2D eigenvalue weighted by molar-refractivity contribution is 5.95. The van der Waals surface area contributed by atoms with E-state index < -0.39 is 0 Å². The third-order valence-corrected chi connectivity index (χ3v) is 4.34. The van der Waals surface area contributed by atoms with Crippen LogP contribution in [0.3, 0.4) is 0 Å². The van der Waals surface area contributed by atoms with Crippen LogP contribution in [0.25, 0.3) is 10.9 Å². The van der Waals surface area contributed by atoms with Gasteiger partial charge in [0.05, 0.1) is 12.1 Å². The van der Waals surface area contributed by atoms with E-state index in [1.54, 1.807) is 11.5 Å². The summed E-state index contributed by atoms with van der Waals surface area (Å²) in [7, 11) is 0. The summed E-state index contributed by atoms with van der Waals surface area (Å²) in [6, 6.07) is 3.99. The Kier molecular flexibility index (Phi) is 2.75. The van der Waals surface area contributed by atoms with E-state index in [9.17, 15) is 9.90 Å². The standard InChI is InChI=1S/C16H19NO2/c1-9-6-10(2)15-14(9)13(8-18)7-12-4-5-17(11(3)19)16(12)15/h4-5,7,9-10,18H,6,8H2,1-3H3/t9-,10+/m1/s1. The second kappa shape index (κ2) is 4.20. The van der Waals surface area contributed by atoms with Crippen molar-refractivity contribution >= 4 is 16.8 Å². The van der Waals surface area contributed by atoms with E-state index in [0.29, 0.717) is 11.8 Å². The van der Waals surface area contributed by atoms with Crippen LogP contribution in [0.2, 0.25) is 0 Å². The number of nitrogens with zero attached hydrogens (tertiary/aromatic N) is 1. The molecule has 1 N–H and O–H groups in total. The van der Waals surface area contributed by atoms with Gasteiger partial charge in [0.2, 0.25) is 5.91 Å². The van der Waals surface area contributed by atoms with Crippen molar-refractivity contribution < 1.29 is 9.90 Å². The van der Waals surface area contributed by atoms with Crippen LogP contribution in [0.4, 0.5) is 0 Å². The molecule has 2 atom stereocenters. The van der Waals surface area contributed by atoms with E-state index in [-0.39, 0.29) is 12.5 Å². The number of aromatic nitrogens is 1. The van der Waals surface area contributed by atoms with E-state index in [1.165, 1.54) is 11.1 Å². The topological polar surface area (TPSA) is 42.2 Å². The van der Waals surface area contributed by atoms with E-state index in [1.807, 2.05) is 18.3 Å². The van der Waals surface area contributed by atoms with E-state index in [0.717, 1.165) is 22.9 Å². The molecule has 1 aromatic heterocycles. The zero-order valence-electron chi connectivity index (χ0n) is 11.6. The number of rotatable bonds is 1. The van der Waals surface area contributed by atoms with Crippen molar-refractivity contribution in [2.24, 2.45) is 0 Å². The van der Waals surface area contributed by atoms with Crippen LogP contribution in [0, 0.1) is 0 Å². The average molecular weight is 257 g/mol. The van der Waals surface area contributed by atoms with Crippen LogP contribution >= 0.6 is 0 Å². The third kappa shape index (κ3) is 1.65. The summed E-state index contributed by atoms with van der Waals surface area (Å²) in [5.74, 6) is 0.930. The van der Waals surface area contributed by atoms with Crippen LogP contribution < -0.4 is 0 Å². The SMILES string of the molecule is CC(=O)n1ccc2cc(CO)c3c(c21)[C@@H](C)C[C@H]3C. The van der Waals surface area contributed by atoms with Gasteiger partial charge in [-0.25, -0.2) is 0 Å². The largest absolute Gasteiger partial charge is 0.392 e. The minimum atomic E-state index is 0.0423. The number of aliphatic hydroxyl groups excluding tert-OH is 1. The molecular weight excluding hydrogens is 238 g/mol. The molecule has 3 nitrogen and oxygen atoms in total. The highest BCUT2D eigenvalue weighted by Crippen LogP contribution is 2.46. The van der Waals surface area contributed by atoms with Crippen molar-refractivity contribution in [2.45, 2.75) is 45.6 Å². The lowest BCUT2D eigenvalue weighted by Gasteiger charge is -2.14. The van der Waals surface area contributed by atoms with Gasteiger partial charge in [0.25, 0.3) is 0 Å². The van der Waals surface area contributed by atoms with E-state index in [2.05, 4.69) is 13.8 Å². The molecule has 0 aliphatic heterocycles. The lowest BCUT2D eigenvalue weighted by molar-refractivity contribution is 0.0941. The summed E-state index contributed by atoms with van der Waals surface area (Å²) in [6.07, 6.45) is 2.93. The van der Waals surface area contributed by atoms with Crippen molar-refractivity contribution in [3.63, 3.8) is 0 Å². The zero-order chi connectivity index (χ0) is 13.7. The minimum absolute atomic E-state index is 0.0423. The highest BCUT2D eigenvalue weighted by atomic mass is 16.3. The number of hydrogen-bond acceptors (Lipinski definition) is 2. The second-order valence-electron chi connectivity index (χ2n) is 5.70. The van der Waals surface area contributed by atoms with Gasteiger partial charge in [-0.05, 0) is 47.1 Å². The molecule has 100 valence electrons. The van der Waals surface area contributed by atoms with E-state index in [4.69, 9.17) is 0 Å². The Balaban J connectivity index is 2.43. The molecule has 0 spiro atoms. The molecule has 0 fully saturated rings. The monoisotopic (exact) mass is 257 g/mol. The lowest BCUT2D eigenvalue weighted by atomic mass is 9.94. The van der Waals surface area contributed by atoms with Crippen molar-refractivity contribution in [1.29, 1.82) is 0 Å². The molecule has 2 aromatic rings. The summed E-state index contributed by atoms with van der Waals surface area (Å²) < 4.78 is 1.74. The lowest BCUT2D eigenvalue weighted by Crippen LogP contribution is -2.07. The number of benzene rings is 1. The first-order valence-electron chi connectivity index (χ1n) is 6.83. The van der Waals surface area contributed by atoms with Crippen LogP contribution in [0.1, 0.15) is 60.5 Å². The molecule has 0 amide bonds. The number of aliphatic hydroxyl groups is 1. The summed E-state index contributed by atoms with van der Waals surface area (Å²) in [6.45, 7) is 6.07. The molecule has 3 heteroatoms. The maximum absolute atomic E-state index is 11.8. The van der Waals surface area contributed by atoms with Crippen molar-refractivity contribution in [3.05, 3.63) is 35.0 Å². The first kappa shape index (κ1) is 12.4. The molecular formula is C16H19NO2. The first-order chi connectivity index (χ1) is 9.04. The van der Waals surface area contributed by atoms with Gasteiger partial charge in [-0.1, -0.05) is 13.8 Å². The highest BCUT2D eigenvalue weighted by Gasteiger charge is 2.31. The molecule has 0 unspecified atom stereocenters. The molecule has 1 heterocycles. The third-order valence-electron chi connectivity index (χ3n) is 4.34. The number of carbonyl (C=O) groups excluding carboxylic acids is 1. The normalized spacial score (nSPS) is 21.9. The molecule has 1 aliphatic carbocycles. The molecule has 3 rings (SSSR count). The summed E-state index contributed by atoms with van der Waals surface area (Å²) >= 11 is 0. The predicted molar refractivity (Wildman–Crippen MR) is 75.6 cm³/mol. The molecule has 1 aromatic carbocycles. The van der Waals surface area contributed by atoms with Crippen LogP contribution in [-0.4, -0.2) is 15.6 Å². The summed E-state index contributed by atoms with van der Waals surface area (Å²) in [4.78, 5) is 11.8. The summed E-state index contributed by atoms with van der Waals surface area (Å²) in [5.41, 5.74) is 4.56. The fraction of sp³-hybridized carbons (Fsp3) is 0.438. The van der Waals surface area contributed by atoms with Gasteiger partial charge < -0.3 is 5.11 Å². The van der Waals surface area contributed by atoms with Gasteiger partial charge in [-0.15, -0.1) is 0 Å². The Labute approximate surface area is 112 Å². The number of fused-ring (bicyclic) bond motifs is 3. The van der Waals surface area contributed by atoms with Gasteiger partial charge in [-0.3, -0.25) is 9.36 Å². The Morgan fingerprint density at radius 1 is 1.37 bits per heavy atom. The van der Waals surface area contributed by atoms with Crippen molar-refractivity contribution in [3.8, 4) is 0 Å². The van der Waals surface area contributed by atoms with Crippen LogP contribution in [0.15, 0.2) is 18.3 Å².